The van der Waals surface area contributed by atoms with Crippen molar-refractivity contribution in [1.82, 2.24) is 0 Å². The van der Waals surface area contributed by atoms with Crippen LogP contribution in [0.25, 0.3) is 0 Å². The number of nitro groups is 1. The zero-order valence-corrected chi connectivity index (χ0v) is 20.4. The first-order valence-electron chi connectivity index (χ1n) is 11.1. The average Bonchev–Trinajstić information content (AvgIpc) is 3.49. The number of nitrogens with zero attached hydrogens (tertiary/aromatic N) is 3. The summed E-state index contributed by atoms with van der Waals surface area (Å²) in [6, 6.07) is 14.1. The number of benzene rings is 2. The summed E-state index contributed by atoms with van der Waals surface area (Å²) in [5.41, 5.74) is 1.92. The zero-order chi connectivity index (χ0) is 25.7. The number of carbonyl (C=O) groups excluding carboxylic acids is 3. The van der Waals surface area contributed by atoms with Crippen molar-refractivity contribution in [3.8, 4) is 0 Å². The van der Waals surface area contributed by atoms with Crippen molar-refractivity contribution in [2.75, 3.05) is 17.1 Å². The quantitative estimate of drug-likeness (QED) is 0.219. The van der Waals surface area contributed by atoms with Gasteiger partial charge in [-0.3, -0.25) is 24.5 Å². The number of ether oxygens (including phenoxy) is 1. The van der Waals surface area contributed by atoms with Crippen molar-refractivity contribution in [2.24, 2.45) is 5.92 Å². The van der Waals surface area contributed by atoms with Gasteiger partial charge in [0, 0.05) is 17.0 Å². The van der Waals surface area contributed by atoms with Crippen LogP contribution in [-0.2, 0) is 19.2 Å². The van der Waals surface area contributed by atoms with Crippen molar-refractivity contribution in [3.05, 3.63) is 86.3 Å². The Labute approximate surface area is 209 Å². The molecule has 0 bridgehead atoms. The molecule has 2 aromatic carbocycles. The third kappa shape index (κ3) is 3.55. The highest BCUT2D eigenvalue weighted by Crippen LogP contribution is 2.49. The molecule has 0 unspecified atom stereocenters. The second-order valence-electron chi connectivity index (χ2n) is 8.47. The van der Waals surface area contributed by atoms with Crippen molar-refractivity contribution >= 4 is 45.5 Å². The van der Waals surface area contributed by atoms with Gasteiger partial charge in [0.05, 0.1) is 29.3 Å². The van der Waals surface area contributed by atoms with E-state index in [1.165, 1.54) is 35.6 Å². The number of non-ortho nitro benzene ring substituents is 1. The van der Waals surface area contributed by atoms with Crippen molar-refractivity contribution in [3.63, 3.8) is 0 Å². The lowest BCUT2D eigenvalue weighted by Gasteiger charge is -2.28. The summed E-state index contributed by atoms with van der Waals surface area (Å²) < 4.78 is 4.91. The van der Waals surface area contributed by atoms with E-state index in [0.29, 0.717) is 16.8 Å². The van der Waals surface area contributed by atoms with Gasteiger partial charge in [-0.25, -0.2) is 14.8 Å². The molecule has 2 aliphatic heterocycles. The number of thiophene rings is 1. The third-order valence-electron chi connectivity index (χ3n) is 6.53. The number of esters is 1. The summed E-state index contributed by atoms with van der Waals surface area (Å²) in [6.07, 6.45) is -1.13. The molecule has 1 aromatic heterocycles. The van der Waals surface area contributed by atoms with Crippen LogP contribution in [0.5, 0.6) is 0 Å². The SMILES string of the molecule is COC(=O)c1c(N2C(=O)[C@@H]3[C@H](ON(c4ccccc4)[C@@H]3c3ccc([N+](=O)[O-])cc3)C2=O)sc(C)c1C. The second kappa shape index (κ2) is 8.85. The molecule has 5 rings (SSSR count). The molecule has 0 radical (unpaired) electrons. The predicted molar refractivity (Wildman–Crippen MR) is 131 cm³/mol. The molecule has 10 nitrogen and oxygen atoms in total. The monoisotopic (exact) mass is 507 g/mol. The molecule has 0 saturated carbocycles. The van der Waals surface area contributed by atoms with Crippen LogP contribution in [0.4, 0.5) is 16.4 Å². The van der Waals surface area contributed by atoms with E-state index in [1.54, 1.807) is 50.2 Å². The van der Waals surface area contributed by atoms with Crippen LogP contribution in [0.3, 0.4) is 0 Å². The number of methoxy groups -OCH3 is 1. The molecule has 2 saturated heterocycles. The fraction of sp³-hybridized carbons (Fsp3) is 0.240. The lowest BCUT2D eigenvalue weighted by Crippen LogP contribution is -2.37. The maximum absolute atomic E-state index is 13.9. The molecule has 11 heteroatoms. The van der Waals surface area contributed by atoms with Crippen LogP contribution >= 0.6 is 11.3 Å². The number of hydroxylamine groups is 1. The smallest absolute Gasteiger partial charge is 0.341 e. The topological polar surface area (TPSA) is 119 Å². The number of hydrogen-bond donors (Lipinski definition) is 0. The second-order valence-corrected chi connectivity index (χ2v) is 9.68. The number of aryl methyl sites for hydroxylation is 1. The van der Waals surface area contributed by atoms with E-state index < -0.39 is 40.8 Å². The fourth-order valence-corrected chi connectivity index (χ4v) is 5.81. The number of para-hydroxylation sites is 1. The Morgan fingerprint density at radius 1 is 1.06 bits per heavy atom. The molecule has 2 aliphatic rings. The number of amides is 2. The highest BCUT2D eigenvalue weighted by molar-refractivity contribution is 7.17. The molecule has 3 heterocycles. The molecule has 184 valence electrons. The van der Waals surface area contributed by atoms with E-state index >= 15 is 0 Å². The first kappa shape index (κ1) is 23.6. The lowest BCUT2D eigenvalue weighted by atomic mass is 9.90. The minimum absolute atomic E-state index is 0.0943. The number of imide groups is 1. The molecule has 0 spiro atoms. The van der Waals surface area contributed by atoms with Gasteiger partial charge in [0.2, 0.25) is 5.91 Å². The Hall–Kier alpha value is -4.09. The largest absolute Gasteiger partial charge is 0.465 e. The van der Waals surface area contributed by atoms with Crippen LogP contribution in [0, 0.1) is 29.9 Å². The van der Waals surface area contributed by atoms with E-state index in [4.69, 9.17) is 9.57 Å². The standard InChI is InChI=1S/C25H21N3O7S/c1-13-14(2)36-24(18(13)25(31)34-3)26-22(29)19-20(15-9-11-17(12-10-15)28(32)33)27(35-21(19)23(26)30)16-7-5-4-6-8-16/h4-12,19-21H,1-3H3/t19-,20+,21-/m0/s1. The maximum atomic E-state index is 13.9. The summed E-state index contributed by atoms with van der Waals surface area (Å²) in [5.74, 6) is -2.67. The first-order valence-corrected chi connectivity index (χ1v) is 11.9. The van der Waals surface area contributed by atoms with Gasteiger partial charge >= 0.3 is 5.97 Å². The summed E-state index contributed by atoms with van der Waals surface area (Å²) >= 11 is 1.17. The molecule has 3 aromatic rings. The first-order chi connectivity index (χ1) is 17.2. The maximum Gasteiger partial charge on any atom is 0.341 e. The minimum Gasteiger partial charge on any atom is -0.465 e. The summed E-state index contributed by atoms with van der Waals surface area (Å²) in [7, 11) is 1.24. The Morgan fingerprint density at radius 3 is 2.33 bits per heavy atom. The molecular formula is C25H21N3O7S. The van der Waals surface area contributed by atoms with Gasteiger partial charge in [-0.05, 0) is 37.1 Å². The molecule has 0 N–H and O–H groups in total. The van der Waals surface area contributed by atoms with Crippen LogP contribution in [0.1, 0.15) is 32.4 Å². The lowest BCUT2D eigenvalue weighted by molar-refractivity contribution is -0.384. The normalized spacial score (nSPS) is 21.1. The number of fused-ring (bicyclic) bond motifs is 1. The van der Waals surface area contributed by atoms with Crippen molar-refractivity contribution in [2.45, 2.75) is 26.0 Å². The van der Waals surface area contributed by atoms with E-state index in [0.717, 1.165) is 9.78 Å². The van der Waals surface area contributed by atoms with Gasteiger partial charge in [0.1, 0.15) is 10.9 Å². The minimum atomic E-state index is -1.13. The number of anilines is 2. The number of hydrogen-bond acceptors (Lipinski definition) is 9. The third-order valence-corrected chi connectivity index (χ3v) is 7.72. The average molecular weight is 508 g/mol. The summed E-state index contributed by atoms with van der Waals surface area (Å²) in [6.45, 7) is 3.54. The Bertz CT molecular complexity index is 1390. The molecule has 36 heavy (non-hydrogen) atoms. The molecular weight excluding hydrogens is 486 g/mol. The Balaban J connectivity index is 1.60. The van der Waals surface area contributed by atoms with Gasteiger partial charge in [0.15, 0.2) is 6.10 Å². The highest BCUT2D eigenvalue weighted by Gasteiger charge is 2.61. The zero-order valence-electron chi connectivity index (χ0n) is 19.5. The van der Waals surface area contributed by atoms with Crippen molar-refractivity contribution < 1.29 is 28.9 Å². The summed E-state index contributed by atoms with van der Waals surface area (Å²) in [5, 5.41) is 12.9. The van der Waals surface area contributed by atoms with Crippen molar-refractivity contribution in [1.29, 1.82) is 0 Å². The van der Waals surface area contributed by atoms with Gasteiger partial charge in [-0.1, -0.05) is 30.3 Å². The van der Waals surface area contributed by atoms with Gasteiger partial charge in [-0.15, -0.1) is 11.3 Å². The summed E-state index contributed by atoms with van der Waals surface area (Å²) in [4.78, 5) is 58.5. The van der Waals surface area contributed by atoms with E-state index in [-0.39, 0.29) is 16.3 Å². The van der Waals surface area contributed by atoms with Crippen LogP contribution in [0.15, 0.2) is 54.6 Å². The molecule has 2 fully saturated rings. The molecule has 3 atom stereocenters. The van der Waals surface area contributed by atoms with Crippen LogP contribution in [0.2, 0.25) is 0 Å². The fourth-order valence-electron chi connectivity index (χ4n) is 4.65. The van der Waals surface area contributed by atoms with Gasteiger partial charge < -0.3 is 4.74 Å². The van der Waals surface area contributed by atoms with Crippen LogP contribution in [-0.4, -0.2) is 35.9 Å². The van der Waals surface area contributed by atoms with Gasteiger partial charge in [0.25, 0.3) is 11.6 Å². The predicted octanol–water partition coefficient (Wildman–Crippen LogP) is 4.11. The van der Waals surface area contributed by atoms with Gasteiger partial charge in [-0.2, -0.15) is 0 Å². The Kier molecular flexibility index (Phi) is 5.81. The van der Waals surface area contributed by atoms with Crippen LogP contribution < -0.4 is 9.96 Å². The number of carbonyl (C=O) groups is 3. The van der Waals surface area contributed by atoms with E-state index in [2.05, 4.69) is 0 Å². The number of nitro benzene ring substituents is 1. The highest BCUT2D eigenvalue weighted by atomic mass is 32.1. The number of rotatable bonds is 5. The molecule has 0 aliphatic carbocycles. The molecule has 2 amide bonds. The Morgan fingerprint density at radius 2 is 1.72 bits per heavy atom. The van der Waals surface area contributed by atoms with E-state index in [1.807, 2.05) is 6.07 Å². The van der Waals surface area contributed by atoms with E-state index in [9.17, 15) is 24.5 Å².